The Kier molecular flexibility index (Phi) is 6.87. The SMILES string of the molecule is CCCC(C)CN(C)C(C)CCl. The third kappa shape index (κ3) is 5.00. The summed E-state index contributed by atoms with van der Waals surface area (Å²) in [5.74, 6) is 1.53. The maximum Gasteiger partial charge on any atom is 0.0376 e. The highest BCUT2D eigenvalue weighted by molar-refractivity contribution is 6.18. The second-order valence-electron chi connectivity index (χ2n) is 3.84. The van der Waals surface area contributed by atoms with Crippen molar-refractivity contribution in [2.75, 3.05) is 19.5 Å². The van der Waals surface area contributed by atoms with Gasteiger partial charge in [0.05, 0.1) is 0 Å². The van der Waals surface area contributed by atoms with Gasteiger partial charge in [-0.15, -0.1) is 11.6 Å². The third-order valence-electron chi connectivity index (χ3n) is 2.36. The quantitative estimate of drug-likeness (QED) is 0.584. The van der Waals surface area contributed by atoms with E-state index >= 15 is 0 Å². The molecule has 0 aromatic rings. The normalized spacial score (nSPS) is 16.5. The van der Waals surface area contributed by atoms with Crippen LogP contribution in [0.5, 0.6) is 0 Å². The van der Waals surface area contributed by atoms with Crippen LogP contribution in [0.3, 0.4) is 0 Å². The number of alkyl halides is 1. The van der Waals surface area contributed by atoms with E-state index in [0.29, 0.717) is 6.04 Å². The Bertz CT molecular complexity index is 106. The largest absolute Gasteiger partial charge is 0.302 e. The molecule has 0 aliphatic carbocycles. The van der Waals surface area contributed by atoms with Crippen LogP contribution in [0.25, 0.3) is 0 Å². The molecule has 0 saturated carbocycles. The van der Waals surface area contributed by atoms with Gasteiger partial charge in [0.1, 0.15) is 0 Å². The average molecular weight is 192 g/mol. The Balaban J connectivity index is 3.59. The van der Waals surface area contributed by atoms with Crippen LogP contribution >= 0.6 is 11.6 Å². The van der Waals surface area contributed by atoms with Gasteiger partial charge in [0.2, 0.25) is 0 Å². The highest BCUT2D eigenvalue weighted by Crippen LogP contribution is 2.08. The molecule has 2 atom stereocenters. The second kappa shape index (κ2) is 6.73. The van der Waals surface area contributed by atoms with Gasteiger partial charge >= 0.3 is 0 Å². The minimum Gasteiger partial charge on any atom is -0.302 e. The second-order valence-corrected chi connectivity index (χ2v) is 4.15. The van der Waals surface area contributed by atoms with Crippen LogP contribution in [-0.2, 0) is 0 Å². The first-order chi connectivity index (χ1) is 5.61. The van der Waals surface area contributed by atoms with E-state index in [2.05, 4.69) is 32.7 Å². The predicted molar refractivity (Wildman–Crippen MR) is 56.9 cm³/mol. The zero-order valence-electron chi connectivity index (χ0n) is 8.81. The molecule has 0 fully saturated rings. The van der Waals surface area contributed by atoms with Crippen LogP contribution in [0.1, 0.15) is 33.6 Å². The van der Waals surface area contributed by atoms with Gasteiger partial charge in [-0.1, -0.05) is 20.3 Å². The minimum atomic E-state index is 0.506. The number of hydrogen-bond donors (Lipinski definition) is 0. The van der Waals surface area contributed by atoms with Crippen molar-refractivity contribution in [2.24, 2.45) is 5.92 Å². The molecule has 0 saturated heterocycles. The van der Waals surface area contributed by atoms with Crippen molar-refractivity contribution >= 4 is 11.6 Å². The summed E-state index contributed by atoms with van der Waals surface area (Å²) in [5.41, 5.74) is 0. The smallest absolute Gasteiger partial charge is 0.0376 e. The molecule has 0 spiro atoms. The maximum absolute atomic E-state index is 5.77. The Morgan fingerprint density at radius 3 is 2.33 bits per heavy atom. The van der Waals surface area contributed by atoms with Crippen molar-refractivity contribution in [3.63, 3.8) is 0 Å². The van der Waals surface area contributed by atoms with Gasteiger partial charge in [-0.2, -0.15) is 0 Å². The van der Waals surface area contributed by atoms with Crippen molar-refractivity contribution < 1.29 is 0 Å². The van der Waals surface area contributed by atoms with E-state index < -0.39 is 0 Å². The first kappa shape index (κ1) is 12.2. The topological polar surface area (TPSA) is 3.24 Å². The van der Waals surface area contributed by atoms with E-state index in [1.165, 1.54) is 19.4 Å². The summed E-state index contributed by atoms with van der Waals surface area (Å²) in [4.78, 5) is 2.34. The molecule has 0 N–H and O–H groups in total. The lowest BCUT2D eigenvalue weighted by atomic mass is 10.1. The fraction of sp³-hybridized carbons (Fsp3) is 1.00. The highest BCUT2D eigenvalue weighted by Gasteiger charge is 2.10. The zero-order valence-corrected chi connectivity index (χ0v) is 9.56. The molecule has 2 unspecified atom stereocenters. The number of halogens is 1. The summed E-state index contributed by atoms with van der Waals surface area (Å²) >= 11 is 5.77. The summed E-state index contributed by atoms with van der Waals surface area (Å²) in [7, 11) is 2.15. The van der Waals surface area contributed by atoms with Crippen LogP contribution in [0.2, 0.25) is 0 Å². The van der Waals surface area contributed by atoms with Crippen LogP contribution in [0.4, 0.5) is 0 Å². The molecule has 0 aromatic heterocycles. The first-order valence-corrected chi connectivity index (χ1v) is 5.41. The molecule has 2 heteroatoms. The Labute approximate surface area is 82.1 Å². The lowest BCUT2D eigenvalue weighted by molar-refractivity contribution is 0.233. The summed E-state index contributed by atoms with van der Waals surface area (Å²) in [6, 6.07) is 0.506. The standard InChI is InChI=1S/C10H22ClN/c1-5-6-9(2)8-12(4)10(3)7-11/h9-10H,5-8H2,1-4H3. The molecular formula is C10H22ClN. The lowest BCUT2D eigenvalue weighted by Gasteiger charge is -2.25. The van der Waals surface area contributed by atoms with Crippen molar-refractivity contribution in [2.45, 2.75) is 39.7 Å². The Morgan fingerprint density at radius 1 is 1.33 bits per heavy atom. The molecular weight excluding hydrogens is 170 g/mol. The molecule has 0 aliphatic heterocycles. The van der Waals surface area contributed by atoms with Crippen molar-refractivity contribution in [3.8, 4) is 0 Å². The molecule has 0 amide bonds. The molecule has 0 aliphatic rings. The zero-order chi connectivity index (χ0) is 9.56. The molecule has 1 nitrogen and oxygen atoms in total. The summed E-state index contributed by atoms with van der Waals surface area (Å²) in [6.07, 6.45) is 2.60. The molecule has 12 heavy (non-hydrogen) atoms. The van der Waals surface area contributed by atoms with Gasteiger partial charge < -0.3 is 4.90 Å². The van der Waals surface area contributed by atoms with E-state index in [9.17, 15) is 0 Å². The summed E-state index contributed by atoms with van der Waals surface area (Å²) in [6.45, 7) is 7.88. The first-order valence-electron chi connectivity index (χ1n) is 4.88. The van der Waals surface area contributed by atoms with Crippen LogP contribution < -0.4 is 0 Å². The van der Waals surface area contributed by atoms with Crippen molar-refractivity contribution in [1.29, 1.82) is 0 Å². The number of nitrogens with zero attached hydrogens (tertiary/aromatic N) is 1. The summed E-state index contributed by atoms with van der Waals surface area (Å²) < 4.78 is 0. The van der Waals surface area contributed by atoms with Gasteiger partial charge in [-0.3, -0.25) is 0 Å². The molecule has 0 bridgehead atoms. The van der Waals surface area contributed by atoms with Gasteiger partial charge in [0.25, 0.3) is 0 Å². The van der Waals surface area contributed by atoms with E-state index in [-0.39, 0.29) is 0 Å². The van der Waals surface area contributed by atoms with Gasteiger partial charge in [0, 0.05) is 18.5 Å². The van der Waals surface area contributed by atoms with Crippen LogP contribution in [0, 0.1) is 5.92 Å². The molecule has 74 valence electrons. The fourth-order valence-corrected chi connectivity index (χ4v) is 1.61. The van der Waals surface area contributed by atoms with Gasteiger partial charge in [-0.05, 0) is 26.3 Å². The third-order valence-corrected chi connectivity index (χ3v) is 2.80. The van der Waals surface area contributed by atoms with E-state index in [4.69, 9.17) is 11.6 Å². The van der Waals surface area contributed by atoms with Crippen molar-refractivity contribution in [1.82, 2.24) is 4.90 Å². The van der Waals surface area contributed by atoms with Crippen LogP contribution in [-0.4, -0.2) is 30.4 Å². The van der Waals surface area contributed by atoms with Crippen LogP contribution in [0.15, 0.2) is 0 Å². The minimum absolute atomic E-state index is 0.506. The highest BCUT2D eigenvalue weighted by atomic mass is 35.5. The lowest BCUT2D eigenvalue weighted by Crippen LogP contribution is -2.34. The molecule has 0 radical (unpaired) electrons. The van der Waals surface area contributed by atoms with E-state index in [0.717, 1.165) is 11.8 Å². The van der Waals surface area contributed by atoms with Crippen molar-refractivity contribution in [3.05, 3.63) is 0 Å². The monoisotopic (exact) mass is 191 g/mol. The molecule has 0 heterocycles. The van der Waals surface area contributed by atoms with Gasteiger partial charge in [0.15, 0.2) is 0 Å². The van der Waals surface area contributed by atoms with E-state index in [1.807, 2.05) is 0 Å². The van der Waals surface area contributed by atoms with Gasteiger partial charge in [-0.25, -0.2) is 0 Å². The number of rotatable bonds is 6. The fourth-order valence-electron chi connectivity index (χ4n) is 1.37. The predicted octanol–water partition coefficient (Wildman–Crippen LogP) is 2.98. The summed E-state index contributed by atoms with van der Waals surface area (Å²) in [5, 5.41) is 0. The molecule has 0 aromatic carbocycles. The molecule has 0 rings (SSSR count). The average Bonchev–Trinajstić information content (AvgIpc) is 2.03. The Morgan fingerprint density at radius 2 is 1.92 bits per heavy atom. The number of hydrogen-bond acceptors (Lipinski definition) is 1. The Hall–Kier alpha value is 0.250. The van der Waals surface area contributed by atoms with E-state index in [1.54, 1.807) is 0 Å². The maximum atomic E-state index is 5.77.